The molecule has 3 nitrogen and oxygen atoms in total. The van der Waals surface area contributed by atoms with Crippen LogP contribution < -0.4 is 5.32 Å². The number of carbonyl (C=O) groups excluding carboxylic acids is 1. The van der Waals surface area contributed by atoms with Crippen LogP contribution in [-0.2, 0) is 17.9 Å². The highest BCUT2D eigenvalue weighted by Crippen LogP contribution is 2.04. The van der Waals surface area contributed by atoms with E-state index < -0.39 is 0 Å². The lowest BCUT2D eigenvalue weighted by Gasteiger charge is -2.20. The fraction of sp³-hybridized carbons (Fsp3) is 0.211. The van der Waals surface area contributed by atoms with Crippen molar-refractivity contribution in [3.05, 3.63) is 84.4 Å². The highest BCUT2D eigenvalue weighted by molar-refractivity contribution is 5.78. The molecule has 0 spiro atoms. The van der Waals surface area contributed by atoms with E-state index in [1.807, 2.05) is 54.6 Å². The van der Waals surface area contributed by atoms with E-state index >= 15 is 0 Å². The Hall–Kier alpha value is -2.39. The summed E-state index contributed by atoms with van der Waals surface area (Å²) in [5.74, 6) is 0.0293. The van der Waals surface area contributed by atoms with Gasteiger partial charge in [-0.25, -0.2) is 0 Å². The van der Waals surface area contributed by atoms with Crippen LogP contribution >= 0.6 is 0 Å². The van der Waals surface area contributed by atoms with Crippen molar-refractivity contribution in [3.8, 4) is 0 Å². The highest BCUT2D eigenvalue weighted by Gasteiger charge is 2.09. The SMILES string of the molecule is C=CCN(CC(=O)NCc1ccccc1)Cc1ccccc1. The Bertz CT molecular complexity index is 581. The molecule has 0 aromatic heterocycles. The van der Waals surface area contributed by atoms with Crippen LogP contribution in [0.5, 0.6) is 0 Å². The van der Waals surface area contributed by atoms with Gasteiger partial charge in [-0.2, -0.15) is 0 Å². The number of hydrogen-bond donors (Lipinski definition) is 1. The molecule has 22 heavy (non-hydrogen) atoms. The zero-order valence-electron chi connectivity index (χ0n) is 12.7. The van der Waals surface area contributed by atoms with Gasteiger partial charge in [-0.05, 0) is 11.1 Å². The smallest absolute Gasteiger partial charge is 0.234 e. The van der Waals surface area contributed by atoms with E-state index in [-0.39, 0.29) is 5.91 Å². The van der Waals surface area contributed by atoms with Gasteiger partial charge in [0.1, 0.15) is 0 Å². The maximum Gasteiger partial charge on any atom is 0.234 e. The normalized spacial score (nSPS) is 10.4. The molecule has 0 radical (unpaired) electrons. The lowest BCUT2D eigenvalue weighted by molar-refractivity contribution is -0.122. The van der Waals surface area contributed by atoms with Gasteiger partial charge in [0.15, 0.2) is 0 Å². The molecule has 1 N–H and O–H groups in total. The zero-order chi connectivity index (χ0) is 15.6. The monoisotopic (exact) mass is 294 g/mol. The van der Waals surface area contributed by atoms with Gasteiger partial charge in [-0.3, -0.25) is 9.69 Å². The Morgan fingerprint density at radius 3 is 2.18 bits per heavy atom. The van der Waals surface area contributed by atoms with Gasteiger partial charge >= 0.3 is 0 Å². The molecular weight excluding hydrogens is 272 g/mol. The summed E-state index contributed by atoms with van der Waals surface area (Å²) in [7, 11) is 0. The molecule has 114 valence electrons. The third-order valence-electron chi connectivity index (χ3n) is 3.34. The number of amides is 1. The number of nitrogens with zero attached hydrogens (tertiary/aromatic N) is 1. The van der Waals surface area contributed by atoms with Crippen LogP contribution in [0.3, 0.4) is 0 Å². The second-order valence-electron chi connectivity index (χ2n) is 5.21. The first kappa shape index (κ1) is 16.0. The minimum atomic E-state index is 0.0293. The summed E-state index contributed by atoms with van der Waals surface area (Å²) in [6, 6.07) is 20.1. The minimum Gasteiger partial charge on any atom is -0.351 e. The predicted octanol–water partition coefficient (Wildman–Crippen LogP) is 2.99. The first-order chi connectivity index (χ1) is 10.8. The Labute approximate surface area is 132 Å². The fourth-order valence-electron chi connectivity index (χ4n) is 2.26. The van der Waals surface area contributed by atoms with Crippen molar-refractivity contribution in [2.24, 2.45) is 0 Å². The molecule has 2 aromatic carbocycles. The summed E-state index contributed by atoms with van der Waals surface area (Å²) in [6.07, 6.45) is 1.83. The van der Waals surface area contributed by atoms with E-state index in [0.717, 1.165) is 12.1 Å². The van der Waals surface area contributed by atoms with E-state index in [1.54, 1.807) is 0 Å². The summed E-state index contributed by atoms with van der Waals surface area (Å²) in [5.41, 5.74) is 2.30. The van der Waals surface area contributed by atoms with Gasteiger partial charge in [0.2, 0.25) is 5.91 Å². The van der Waals surface area contributed by atoms with Gasteiger partial charge in [0.25, 0.3) is 0 Å². The molecule has 0 saturated heterocycles. The molecule has 0 aliphatic carbocycles. The van der Waals surface area contributed by atoms with Crippen LogP contribution in [-0.4, -0.2) is 23.9 Å². The van der Waals surface area contributed by atoms with Crippen LogP contribution in [0.15, 0.2) is 73.3 Å². The lowest BCUT2D eigenvalue weighted by atomic mass is 10.2. The van der Waals surface area contributed by atoms with Crippen molar-refractivity contribution in [2.75, 3.05) is 13.1 Å². The molecule has 0 atom stereocenters. The van der Waals surface area contributed by atoms with Gasteiger partial charge in [0, 0.05) is 19.6 Å². The van der Waals surface area contributed by atoms with Crippen LogP contribution in [0.2, 0.25) is 0 Å². The van der Waals surface area contributed by atoms with E-state index in [1.165, 1.54) is 5.56 Å². The van der Waals surface area contributed by atoms with E-state index in [4.69, 9.17) is 0 Å². The standard InChI is InChI=1S/C19H22N2O/c1-2-13-21(15-18-11-7-4-8-12-18)16-19(22)20-14-17-9-5-3-6-10-17/h2-12H,1,13-16H2,(H,20,22). The van der Waals surface area contributed by atoms with Crippen molar-refractivity contribution in [1.82, 2.24) is 10.2 Å². The molecular formula is C19H22N2O. The Kier molecular flexibility index (Phi) is 6.39. The third kappa shape index (κ3) is 5.54. The quantitative estimate of drug-likeness (QED) is 0.759. The van der Waals surface area contributed by atoms with Gasteiger partial charge in [-0.15, -0.1) is 6.58 Å². The number of hydrogen-bond acceptors (Lipinski definition) is 2. The maximum absolute atomic E-state index is 12.1. The average molecular weight is 294 g/mol. The summed E-state index contributed by atoms with van der Waals surface area (Å²) >= 11 is 0. The van der Waals surface area contributed by atoms with E-state index in [0.29, 0.717) is 19.6 Å². The molecule has 0 unspecified atom stereocenters. The van der Waals surface area contributed by atoms with Crippen LogP contribution in [0, 0.1) is 0 Å². The Morgan fingerprint density at radius 2 is 1.59 bits per heavy atom. The number of nitrogens with one attached hydrogen (secondary N) is 1. The molecule has 0 saturated carbocycles. The molecule has 0 bridgehead atoms. The largest absolute Gasteiger partial charge is 0.351 e. The second-order valence-corrected chi connectivity index (χ2v) is 5.21. The molecule has 2 aromatic rings. The predicted molar refractivity (Wildman–Crippen MR) is 90.2 cm³/mol. The highest BCUT2D eigenvalue weighted by atomic mass is 16.2. The molecule has 0 fully saturated rings. The summed E-state index contributed by atoms with van der Waals surface area (Å²) in [4.78, 5) is 14.2. The van der Waals surface area contributed by atoms with Crippen LogP contribution in [0.4, 0.5) is 0 Å². The van der Waals surface area contributed by atoms with Gasteiger partial charge in [0.05, 0.1) is 6.54 Å². The molecule has 2 rings (SSSR count). The van der Waals surface area contributed by atoms with E-state index in [9.17, 15) is 4.79 Å². The summed E-state index contributed by atoms with van der Waals surface area (Å²) < 4.78 is 0. The van der Waals surface area contributed by atoms with Gasteiger partial charge in [-0.1, -0.05) is 66.7 Å². The number of benzene rings is 2. The fourth-order valence-corrected chi connectivity index (χ4v) is 2.26. The molecule has 3 heteroatoms. The second kappa shape index (κ2) is 8.80. The maximum atomic E-state index is 12.1. The summed E-state index contributed by atoms with van der Waals surface area (Å²) in [6.45, 7) is 6.13. The molecule has 0 aliphatic rings. The van der Waals surface area contributed by atoms with Gasteiger partial charge < -0.3 is 5.32 Å². The zero-order valence-corrected chi connectivity index (χ0v) is 12.7. The first-order valence-electron chi connectivity index (χ1n) is 7.45. The lowest BCUT2D eigenvalue weighted by Crippen LogP contribution is -2.36. The van der Waals surface area contributed by atoms with Crippen molar-refractivity contribution < 1.29 is 4.79 Å². The molecule has 1 amide bonds. The molecule has 0 heterocycles. The van der Waals surface area contributed by atoms with E-state index in [2.05, 4.69) is 28.9 Å². The number of rotatable bonds is 8. The van der Waals surface area contributed by atoms with Crippen LogP contribution in [0.25, 0.3) is 0 Å². The van der Waals surface area contributed by atoms with Crippen LogP contribution in [0.1, 0.15) is 11.1 Å². The third-order valence-corrected chi connectivity index (χ3v) is 3.34. The Morgan fingerprint density at radius 1 is 1.00 bits per heavy atom. The van der Waals surface area contributed by atoms with Crippen molar-refractivity contribution in [3.63, 3.8) is 0 Å². The minimum absolute atomic E-state index is 0.0293. The number of carbonyl (C=O) groups is 1. The molecule has 0 aliphatic heterocycles. The van der Waals surface area contributed by atoms with Crippen molar-refractivity contribution in [2.45, 2.75) is 13.1 Å². The average Bonchev–Trinajstić information content (AvgIpc) is 2.55. The summed E-state index contributed by atoms with van der Waals surface area (Å²) in [5, 5.41) is 2.96. The van der Waals surface area contributed by atoms with Crippen molar-refractivity contribution in [1.29, 1.82) is 0 Å². The Balaban J connectivity index is 1.84. The first-order valence-corrected chi connectivity index (χ1v) is 7.45. The van der Waals surface area contributed by atoms with Crippen molar-refractivity contribution >= 4 is 5.91 Å². The topological polar surface area (TPSA) is 32.3 Å².